The third-order valence-electron chi connectivity index (χ3n) is 3.22. The van der Waals surface area contributed by atoms with Crippen LogP contribution in [-0.4, -0.2) is 10.9 Å². The molecular weight excluding hydrogens is 192 g/mol. The molecule has 0 aliphatic heterocycles. The van der Waals surface area contributed by atoms with Crippen molar-refractivity contribution in [3.05, 3.63) is 16.6 Å². The summed E-state index contributed by atoms with van der Waals surface area (Å²) in [6, 6.07) is 2.24. The molecule has 2 unspecified atom stereocenters. The summed E-state index contributed by atoms with van der Waals surface area (Å²) in [6.45, 7) is 2.90. The lowest BCUT2D eigenvalue weighted by atomic mass is 9.78. The molecule has 0 saturated heterocycles. The van der Waals surface area contributed by atoms with Crippen molar-refractivity contribution in [3.8, 4) is 0 Å². The molecule has 1 aromatic rings. The Hall–Kier alpha value is -0.410. The molecule has 1 heterocycles. The molecule has 1 aromatic heterocycles. The van der Waals surface area contributed by atoms with Gasteiger partial charge in [-0.3, -0.25) is 0 Å². The van der Waals surface area contributed by atoms with Crippen LogP contribution in [0.25, 0.3) is 0 Å². The molecule has 14 heavy (non-hydrogen) atoms. The lowest BCUT2D eigenvalue weighted by molar-refractivity contribution is 0.318. The predicted octanol–water partition coefficient (Wildman–Crippen LogP) is 2.68. The van der Waals surface area contributed by atoms with E-state index in [2.05, 4.69) is 17.4 Å². The third kappa shape index (κ3) is 1.98. The number of aryl methyl sites for hydroxylation is 1. The molecule has 3 heteroatoms. The van der Waals surface area contributed by atoms with Crippen LogP contribution in [0.3, 0.4) is 0 Å². The van der Waals surface area contributed by atoms with E-state index < -0.39 is 0 Å². The van der Waals surface area contributed by atoms with Crippen molar-refractivity contribution in [1.82, 2.24) is 4.37 Å². The van der Waals surface area contributed by atoms with E-state index in [-0.39, 0.29) is 0 Å². The maximum Gasteiger partial charge on any atom is 0.0514 e. The molecule has 2 nitrogen and oxygen atoms in total. The van der Waals surface area contributed by atoms with Gasteiger partial charge in [-0.25, -0.2) is 0 Å². The van der Waals surface area contributed by atoms with E-state index in [0.29, 0.717) is 11.8 Å². The van der Waals surface area contributed by atoms with Crippen LogP contribution in [0.2, 0.25) is 0 Å². The van der Waals surface area contributed by atoms with Crippen LogP contribution in [0.1, 0.15) is 42.2 Å². The number of hydrogen-bond donors (Lipinski definition) is 1. The minimum atomic E-state index is 0.694. The summed E-state index contributed by atoms with van der Waals surface area (Å²) in [6.07, 6.45) is 5.33. The Labute approximate surface area is 89.7 Å². The zero-order valence-corrected chi connectivity index (χ0v) is 9.52. The largest absolute Gasteiger partial charge is 0.330 e. The van der Waals surface area contributed by atoms with Crippen LogP contribution in [0.5, 0.6) is 0 Å². The summed E-state index contributed by atoms with van der Waals surface area (Å²) in [7, 11) is 0. The van der Waals surface area contributed by atoms with E-state index in [0.717, 1.165) is 12.2 Å². The zero-order chi connectivity index (χ0) is 9.97. The van der Waals surface area contributed by atoms with Crippen LogP contribution >= 0.6 is 11.5 Å². The first-order valence-electron chi connectivity index (χ1n) is 5.44. The second kappa shape index (κ2) is 4.41. The van der Waals surface area contributed by atoms with Crippen molar-refractivity contribution in [2.24, 2.45) is 11.7 Å². The standard InChI is InChI=1S/C11H18N2S/c1-8-6-11(14-13-8)10-5-3-2-4-9(10)7-12/h6,9-10H,2-5,7,12H2,1H3. The van der Waals surface area contributed by atoms with Gasteiger partial charge >= 0.3 is 0 Å². The fourth-order valence-corrected chi connectivity index (χ4v) is 3.39. The average molecular weight is 210 g/mol. The van der Waals surface area contributed by atoms with Gasteiger partial charge in [-0.1, -0.05) is 12.8 Å². The van der Waals surface area contributed by atoms with Crippen LogP contribution in [0, 0.1) is 12.8 Å². The molecule has 0 amide bonds. The zero-order valence-electron chi connectivity index (χ0n) is 8.70. The normalized spacial score (nSPS) is 27.9. The molecule has 2 N–H and O–H groups in total. The van der Waals surface area contributed by atoms with E-state index in [1.165, 1.54) is 30.6 Å². The lowest BCUT2D eigenvalue weighted by Crippen LogP contribution is -2.24. The maximum absolute atomic E-state index is 5.82. The molecule has 1 fully saturated rings. The van der Waals surface area contributed by atoms with E-state index in [4.69, 9.17) is 5.73 Å². The summed E-state index contributed by atoms with van der Waals surface area (Å²) < 4.78 is 4.36. The monoisotopic (exact) mass is 210 g/mol. The molecule has 0 spiro atoms. The third-order valence-corrected chi connectivity index (χ3v) is 4.23. The Morgan fingerprint density at radius 1 is 1.50 bits per heavy atom. The second-order valence-electron chi connectivity index (χ2n) is 4.26. The maximum atomic E-state index is 5.82. The van der Waals surface area contributed by atoms with Crippen LogP contribution in [-0.2, 0) is 0 Å². The SMILES string of the molecule is Cc1cc(C2CCCCC2CN)sn1. The summed E-state index contributed by atoms with van der Waals surface area (Å²) in [5.74, 6) is 1.39. The van der Waals surface area contributed by atoms with Gasteiger partial charge in [0.1, 0.15) is 0 Å². The highest BCUT2D eigenvalue weighted by molar-refractivity contribution is 7.05. The summed E-state index contributed by atoms with van der Waals surface area (Å²) >= 11 is 1.67. The Kier molecular flexibility index (Phi) is 3.19. The van der Waals surface area contributed by atoms with E-state index in [1.54, 1.807) is 11.5 Å². The fourth-order valence-electron chi connectivity index (χ4n) is 2.42. The highest BCUT2D eigenvalue weighted by atomic mass is 32.1. The number of rotatable bonds is 2. The molecule has 1 saturated carbocycles. The van der Waals surface area contributed by atoms with Crippen LogP contribution < -0.4 is 5.73 Å². The Morgan fingerprint density at radius 2 is 2.29 bits per heavy atom. The Morgan fingerprint density at radius 3 is 2.93 bits per heavy atom. The van der Waals surface area contributed by atoms with Gasteiger partial charge in [-0.15, -0.1) is 0 Å². The number of aromatic nitrogens is 1. The highest BCUT2D eigenvalue weighted by Crippen LogP contribution is 2.38. The predicted molar refractivity (Wildman–Crippen MR) is 60.6 cm³/mol. The van der Waals surface area contributed by atoms with Gasteiger partial charge in [-0.2, -0.15) is 4.37 Å². The van der Waals surface area contributed by atoms with Gasteiger partial charge in [0.05, 0.1) is 5.69 Å². The van der Waals surface area contributed by atoms with E-state index >= 15 is 0 Å². The van der Waals surface area contributed by atoms with Gasteiger partial charge in [0.15, 0.2) is 0 Å². The number of nitrogens with zero attached hydrogens (tertiary/aromatic N) is 1. The van der Waals surface area contributed by atoms with Crippen LogP contribution in [0.15, 0.2) is 6.07 Å². The minimum Gasteiger partial charge on any atom is -0.330 e. The fraction of sp³-hybridized carbons (Fsp3) is 0.727. The molecule has 1 aliphatic rings. The summed E-state index contributed by atoms with van der Waals surface area (Å²) in [5, 5.41) is 0. The first kappa shape index (κ1) is 10.1. The van der Waals surface area contributed by atoms with Gasteiger partial charge in [-0.05, 0) is 55.7 Å². The molecule has 0 bridgehead atoms. The smallest absolute Gasteiger partial charge is 0.0514 e. The van der Waals surface area contributed by atoms with Crippen molar-refractivity contribution in [2.45, 2.75) is 38.5 Å². The van der Waals surface area contributed by atoms with Crippen LogP contribution in [0.4, 0.5) is 0 Å². The summed E-state index contributed by atoms with van der Waals surface area (Å²) in [4.78, 5) is 1.46. The highest BCUT2D eigenvalue weighted by Gasteiger charge is 2.26. The first-order valence-corrected chi connectivity index (χ1v) is 6.22. The van der Waals surface area contributed by atoms with Crippen molar-refractivity contribution in [3.63, 3.8) is 0 Å². The van der Waals surface area contributed by atoms with Gasteiger partial charge in [0.2, 0.25) is 0 Å². The molecule has 0 aromatic carbocycles. The van der Waals surface area contributed by atoms with Crippen molar-refractivity contribution in [1.29, 1.82) is 0 Å². The van der Waals surface area contributed by atoms with Gasteiger partial charge < -0.3 is 5.73 Å². The quantitative estimate of drug-likeness (QED) is 0.815. The van der Waals surface area contributed by atoms with Crippen molar-refractivity contribution >= 4 is 11.5 Å². The lowest BCUT2D eigenvalue weighted by Gasteiger charge is -2.29. The first-order chi connectivity index (χ1) is 6.81. The Balaban J connectivity index is 2.14. The molecule has 1 aliphatic carbocycles. The number of hydrogen-bond acceptors (Lipinski definition) is 3. The van der Waals surface area contributed by atoms with Gasteiger partial charge in [0.25, 0.3) is 0 Å². The topological polar surface area (TPSA) is 38.9 Å². The second-order valence-corrected chi connectivity index (χ2v) is 5.09. The number of nitrogens with two attached hydrogens (primary N) is 1. The van der Waals surface area contributed by atoms with E-state index in [9.17, 15) is 0 Å². The Bertz CT molecular complexity index is 295. The summed E-state index contributed by atoms with van der Waals surface area (Å²) in [5.41, 5.74) is 6.98. The minimum absolute atomic E-state index is 0.694. The average Bonchev–Trinajstić information content (AvgIpc) is 2.65. The van der Waals surface area contributed by atoms with Crippen molar-refractivity contribution in [2.75, 3.05) is 6.54 Å². The van der Waals surface area contributed by atoms with Crippen molar-refractivity contribution < 1.29 is 0 Å². The molecule has 0 radical (unpaired) electrons. The van der Waals surface area contributed by atoms with E-state index in [1.807, 2.05) is 0 Å². The molecular formula is C11H18N2S. The molecule has 78 valence electrons. The molecule has 2 atom stereocenters. The molecule has 2 rings (SSSR count). The van der Waals surface area contributed by atoms with Gasteiger partial charge in [0, 0.05) is 4.88 Å².